The molecule has 158 valence electrons. The van der Waals surface area contributed by atoms with E-state index in [1.54, 1.807) is 36.1 Å². The molecule has 1 saturated heterocycles. The number of nitrogens with zero attached hydrogens (tertiary/aromatic N) is 1. The normalized spacial score (nSPS) is 16.1. The van der Waals surface area contributed by atoms with Gasteiger partial charge in [-0.15, -0.1) is 0 Å². The van der Waals surface area contributed by atoms with Gasteiger partial charge in [-0.2, -0.15) is 0 Å². The first-order valence-corrected chi connectivity index (χ1v) is 10.3. The molecule has 6 heteroatoms. The molecule has 1 aliphatic heterocycles. The van der Waals surface area contributed by atoms with Gasteiger partial charge >= 0.3 is 5.97 Å². The standard InChI is InChI=1S/C24H28N2O4/c1-4-30-24(29)18-7-9-21(10-8-18)25-22(27)19-6-5-11-26(15-19)23(28)20-13-16(2)12-17(3)14-20/h7-10,12-14,19H,4-6,11,15H2,1-3H3,(H,25,27)/t19-/m1/s1. The first-order chi connectivity index (χ1) is 14.4. The number of hydrogen-bond donors (Lipinski definition) is 1. The molecule has 2 amide bonds. The third-order valence-electron chi connectivity index (χ3n) is 5.21. The van der Waals surface area contributed by atoms with Crippen molar-refractivity contribution in [1.82, 2.24) is 4.90 Å². The highest BCUT2D eigenvalue weighted by Crippen LogP contribution is 2.22. The number of ether oxygens (including phenoxy) is 1. The van der Waals surface area contributed by atoms with Gasteiger partial charge in [0, 0.05) is 24.3 Å². The number of esters is 1. The minimum atomic E-state index is -0.386. The number of likely N-dealkylation sites (tertiary alicyclic amines) is 1. The summed E-state index contributed by atoms with van der Waals surface area (Å²) in [6.45, 7) is 7.08. The topological polar surface area (TPSA) is 75.7 Å². The Morgan fingerprint density at radius 2 is 1.70 bits per heavy atom. The van der Waals surface area contributed by atoms with E-state index in [2.05, 4.69) is 5.32 Å². The number of benzene rings is 2. The van der Waals surface area contributed by atoms with Gasteiger partial charge in [0.2, 0.25) is 5.91 Å². The average Bonchev–Trinajstić information content (AvgIpc) is 2.73. The molecule has 0 unspecified atom stereocenters. The van der Waals surface area contributed by atoms with E-state index in [4.69, 9.17) is 4.74 Å². The molecule has 30 heavy (non-hydrogen) atoms. The Morgan fingerprint density at radius 1 is 1.03 bits per heavy atom. The van der Waals surface area contributed by atoms with E-state index < -0.39 is 0 Å². The molecule has 0 saturated carbocycles. The number of nitrogens with one attached hydrogen (secondary N) is 1. The van der Waals surface area contributed by atoms with Crippen molar-refractivity contribution < 1.29 is 19.1 Å². The molecular weight excluding hydrogens is 380 g/mol. The van der Waals surface area contributed by atoms with Crippen LogP contribution >= 0.6 is 0 Å². The summed E-state index contributed by atoms with van der Waals surface area (Å²) >= 11 is 0. The van der Waals surface area contributed by atoms with Crippen molar-refractivity contribution in [2.24, 2.45) is 5.92 Å². The van der Waals surface area contributed by atoms with Crippen LogP contribution in [0.1, 0.15) is 51.6 Å². The maximum atomic E-state index is 12.9. The van der Waals surface area contributed by atoms with Crippen LogP contribution in [0.15, 0.2) is 42.5 Å². The Hall–Kier alpha value is -3.15. The number of rotatable bonds is 5. The van der Waals surface area contributed by atoms with Crippen LogP contribution in [-0.2, 0) is 9.53 Å². The first-order valence-electron chi connectivity index (χ1n) is 10.3. The minimum absolute atomic E-state index is 0.0295. The van der Waals surface area contributed by atoms with Crippen LogP contribution in [0.4, 0.5) is 5.69 Å². The first kappa shape index (κ1) is 21.6. The fraction of sp³-hybridized carbons (Fsp3) is 0.375. The van der Waals surface area contributed by atoms with E-state index in [9.17, 15) is 14.4 Å². The molecule has 3 rings (SSSR count). The molecule has 1 fully saturated rings. The second-order valence-electron chi connectivity index (χ2n) is 7.75. The van der Waals surface area contributed by atoms with Gasteiger partial charge in [-0.05, 0) is 70.0 Å². The maximum absolute atomic E-state index is 12.9. The predicted molar refractivity (Wildman–Crippen MR) is 116 cm³/mol. The van der Waals surface area contributed by atoms with Crippen LogP contribution in [0.2, 0.25) is 0 Å². The Labute approximate surface area is 177 Å². The lowest BCUT2D eigenvalue weighted by atomic mass is 9.96. The summed E-state index contributed by atoms with van der Waals surface area (Å²) in [6.07, 6.45) is 1.53. The molecule has 6 nitrogen and oxygen atoms in total. The molecule has 0 aromatic heterocycles. The molecule has 0 bridgehead atoms. The molecular formula is C24H28N2O4. The third-order valence-corrected chi connectivity index (χ3v) is 5.21. The van der Waals surface area contributed by atoms with Gasteiger partial charge in [0.15, 0.2) is 0 Å². The second-order valence-corrected chi connectivity index (χ2v) is 7.75. The Morgan fingerprint density at radius 3 is 2.33 bits per heavy atom. The van der Waals surface area contributed by atoms with Crippen molar-refractivity contribution in [2.75, 3.05) is 25.0 Å². The summed E-state index contributed by atoms with van der Waals surface area (Å²) in [7, 11) is 0. The van der Waals surface area contributed by atoms with Gasteiger partial charge in [0.25, 0.3) is 5.91 Å². The SMILES string of the molecule is CCOC(=O)c1ccc(NC(=O)[C@@H]2CCCN(C(=O)c3cc(C)cc(C)c3)C2)cc1. The van der Waals surface area contributed by atoms with Gasteiger partial charge in [-0.1, -0.05) is 17.2 Å². The molecule has 2 aromatic carbocycles. The highest BCUT2D eigenvalue weighted by atomic mass is 16.5. The minimum Gasteiger partial charge on any atom is -0.462 e. The zero-order chi connectivity index (χ0) is 21.7. The summed E-state index contributed by atoms with van der Waals surface area (Å²) in [6, 6.07) is 12.5. The number of hydrogen-bond acceptors (Lipinski definition) is 4. The lowest BCUT2D eigenvalue weighted by Crippen LogP contribution is -2.43. The summed E-state index contributed by atoms with van der Waals surface area (Å²) < 4.78 is 4.97. The van der Waals surface area contributed by atoms with Crippen molar-refractivity contribution in [3.05, 3.63) is 64.7 Å². The summed E-state index contributed by atoms with van der Waals surface area (Å²) in [4.78, 5) is 39.2. The zero-order valence-corrected chi connectivity index (χ0v) is 17.7. The van der Waals surface area contributed by atoms with Crippen LogP contribution in [0, 0.1) is 19.8 Å². The van der Waals surface area contributed by atoms with E-state index in [1.807, 2.05) is 32.0 Å². The largest absolute Gasteiger partial charge is 0.462 e. The fourth-order valence-corrected chi connectivity index (χ4v) is 3.80. The molecule has 1 aliphatic rings. The summed E-state index contributed by atoms with van der Waals surface area (Å²) in [5, 5.41) is 2.90. The quantitative estimate of drug-likeness (QED) is 0.760. The van der Waals surface area contributed by atoms with Crippen LogP contribution in [0.5, 0.6) is 0 Å². The van der Waals surface area contributed by atoms with E-state index in [1.165, 1.54) is 0 Å². The fourth-order valence-electron chi connectivity index (χ4n) is 3.80. The number of piperidine rings is 1. The van der Waals surface area contributed by atoms with Crippen molar-refractivity contribution in [2.45, 2.75) is 33.6 Å². The predicted octanol–water partition coefficient (Wildman–Crippen LogP) is 3.97. The van der Waals surface area contributed by atoms with E-state index in [0.717, 1.165) is 24.0 Å². The van der Waals surface area contributed by atoms with Gasteiger partial charge in [0.1, 0.15) is 0 Å². The van der Waals surface area contributed by atoms with Crippen molar-refractivity contribution in [3.63, 3.8) is 0 Å². The van der Waals surface area contributed by atoms with Gasteiger partial charge < -0.3 is 15.0 Å². The van der Waals surface area contributed by atoms with Crippen LogP contribution in [0.25, 0.3) is 0 Å². The average molecular weight is 408 g/mol. The van der Waals surface area contributed by atoms with Crippen molar-refractivity contribution in [1.29, 1.82) is 0 Å². The Kier molecular flexibility index (Phi) is 6.87. The van der Waals surface area contributed by atoms with E-state index in [-0.39, 0.29) is 23.7 Å². The zero-order valence-electron chi connectivity index (χ0n) is 17.7. The smallest absolute Gasteiger partial charge is 0.338 e. The van der Waals surface area contributed by atoms with Gasteiger partial charge in [-0.3, -0.25) is 9.59 Å². The molecule has 1 N–H and O–H groups in total. The van der Waals surface area contributed by atoms with Crippen LogP contribution in [-0.4, -0.2) is 42.4 Å². The monoisotopic (exact) mass is 408 g/mol. The second kappa shape index (κ2) is 9.57. The number of anilines is 1. The van der Waals surface area contributed by atoms with Crippen LogP contribution in [0.3, 0.4) is 0 Å². The number of carbonyl (C=O) groups is 3. The molecule has 0 aliphatic carbocycles. The van der Waals surface area contributed by atoms with E-state index in [0.29, 0.717) is 36.5 Å². The third kappa shape index (κ3) is 5.26. The summed E-state index contributed by atoms with van der Waals surface area (Å²) in [5.74, 6) is -0.795. The van der Waals surface area contributed by atoms with Crippen molar-refractivity contribution >= 4 is 23.5 Å². The number of carbonyl (C=O) groups excluding carboxylic acids is 3. The van der Waals surface area contributed by atoms with Crippen molar-refractivity contribution in [3.8, 4) is 0 Å². The van der Waals surface area contributed by atoms with Gasteiger partial charge in [0.05, 0.1) is 18.1 Å². The molecule has 1 heterocycles. The van der Waals surface area contributed by atoms with E-state index >= 15 is 0 Å². The van der Waals surface area contributed by atoms with Crippen LogP contribution < -0.4 is 5.32 Å². The van der Waals surface area contributed by atoms with Gasteiger partial charge in [-0.25, -0.2) is 4.79 Å². The highest BCUT2D eigenvalue weighted by molar-refractivity contribution is 5.97. The lowest BCUT2D eigenvalue weighted by Gasteiger charge is -2.32. The molecule has 0 spiro atoms. The molecule has 0 radical (unpaired) electrons. The number of aryl methyl sites for hydroxylation is 2. The molecule has 1 atom stereocenters. The summed E-state index contributed by atoms with van der Waals surface area (Å²) in [5.41, 5.74) is 3.83. The lowest BCUT2D eigenvalue weighted by molar-refractivity contribution is -0.121. The number of amides is 2. The molecule has 2 aromatic rings. The maximum Gasteiger partial charge on any atom is 0.338 e. The highest BCUT2D eigenvalue weighted by Gasteiger charge is 2.29. The Balaban J connectivity index is 1.62. The Bertz CT molecular complexity index is 916.